The fourth-order valence-electron chi connectivity index (χ4n) is 4.66. The first-order chi connectivity index (χ1) is 17.3. The molecule has 1 aliphatic rings. The maximum absolute atomic E-state index is 3.94. The van der Waals surface area contributed by atoms with Crippen molar-refractivity contribution in [1.82, 2.24) is 5.32 Å². The van der Waals surface area contributed by atoms with Crippen LogP contribution in [0.2, 0.25) is 0 Å². The highest BCUT2D eigenvalue weighted by Gasteiger charge is 2.30. The molecule has 0 aliphatic heterocycles. The van der Waals surface area contributed by atoms with E-state index in [2.05, 4.69) is 152 Å². The molecule has 35 heavy (non-hydrogen) atoms. The summed E-state index contributed by atoms with van der Waals surface area (Å²) < 4.78 is 0. The fourth-order valence-corrected chi connectivity index (χ4v) is 9.65. The monoisotopic (exact) mass is 491 g/mol. The molecule has 0 saturated carbocycles. The van der Waals surface area contributed by atoms with E-state index in [1.807, 2.05) is 0 Å². The van der Waals surface area contributed by atoms with Gasteiger partial charge in [-0.25, -0.2) is 0 Å². The van der Waals surface area contributed by atoms with Gasteiger partial charge in [-0.3, -0.25) is 0 Å². The topological polar surface area (TPSA) is 12.0 Å². The predicted octanol–water partition coefficient (Wildman–Crippen LogP) is 6.05. The number of benzene rings is 4. The molecule has 0 fully saturated rings. The summed E-state index contributed by atoms with van der Waals surface area (Å²) in [5, 5.41) is 9.63. The highest BCUT2D eigenvalue weighted by atomic mass is 31.1. The Bertz CT molecular complexity index is 1180. The molecule has 5 rings (SSSR count). The van der Waals surface area contributed by atoms with Gasteiger partial charge in [-0.1, -0.05) is 140 Å². The molecule has 2 unspecified atom stereocenters. The minimum Gasteiger partial charge on any atom is -0.306 e. The summed E-state index contributed by atoms with van der Waals surface area (Å²) in [7, 11) is -0.996. The second-order valence-corrected chi connectivity index (χ2v) is 13.3. The predicted molar refractivity (Wildman–Crippen MR) is 157 cm³/mol. The van der Waals surface area contributed by atoms with Crippen molar-refractivity contribution < 1.29 is 0 Å². The molecule has 174 valence electrons. The molecule has 2 atom stereocenters. The lowest BCUT2D eigenvalue weighted by atomic mass is 10.1. The number of hydrogen-bond donors (Lipinski definition) is 1. The SMILES string of the molecule is CC(NCP(c1ccccc1)c1ccccc1)C1=CC=CC1P(c1ccccc1)c1ccccc1. The Morgan fingerprint density at radius 3 is 1.51 bits per heavy atom. The molecule has 0 bridgehead atoms. The van der Waals surface area contributed by atoms with E-state index in [1.54, 1.807) is 0 Å². The number of rotatable bonds is 9. The summed E-state index contributed by atoms with van der Waals surface area (Å²) in [4.78, 5) is 0. The minimum absolute atomic E-state index is 0.296. The Morgan fingerprint density at radius 2 is 1.06 bits per heavy atom. The highest BCUT2D eigenvalue weighted by molar-refractivity contribution is 7.74. The first-order valence-corrected chi connectivity index (χ1v) is 15.1. The molecule has 3 heteroatoms. The van der Waals surface area contributed by atoms with Gasteiger partial charge in [0.2, 0.25) is 0 Å². The Hall–Kier alpha value is -2.82. The van der Waals surface area contributed by atoms with Gasteiger partial charge in [-0.2, -0.15) is 0 Å². The Morgan fingerprint density at radius 1 is 0.629 bits per heavy atom. The molecule has 0 spiro atoms. The average Bonchev–Trinajstić information content (AvgIpc) is 3.41. The van der Waals surface area contributed by atoms with E-state index >= 15 is 0 Å². The standard InChI is InChI=1S/C32H31NP2/c1-26(33-25-34(27-15-6-2-7-16-27)28-17-8-3-9-18-28)31-23-14-24-32(31)35(29-19-10-4-11-20-29)30-21-12-5-13-22-30/h2-24,26,32-33H,25H2,1H3. The van der Waals surface area contributed by atoms with Crippen LogP contribution in [0.3, 0.4) is 0 Å². The van der Waals surface area contributed by atoms with Crippen LogP contribution in [0.25, 0.3) is 0 Å². The highest BCUT2D eigenvalue weighted by Crippen LogP contribution is 2.46. The normalized spacial score (nSPS) is 16.0. The quantitative estimate of drug-likeness (QED) is 0.281. The van der Waals surface area contributed by atoms with Gasteiger partial charge in [-0.05, 0) is 49.6 Å². The Kier molecular flexibility index (Phi) is 8.02. The van der Waals surface area contributed by atoms with Crippen LogP contribution in [0.5, 0.6) is 0 Å². The van der Waals surface area contributed by atoms with Crippen molar-refractivity contribution in [2.45, 2.75) is 18.6 Å². The van der Waals surface area contributed by atoms with Crippen molar-refractivity contribution in [2.75, 3.05) is 6.29 Å². The third kappa shape index (κ3) is 5.71. The number of nitrogens with one attached hydrogen (secondary N) is 1. The van der Waals surface area contributed by atoms with Crippen molar-refractivity contribution in [3.8, 4) is 0 Å². The van der Waals surface area contributed by atoms with Crippen molar-refractivity contribution in [3.05, 3.63) is 145 Å². The molecule has 0 radical (unpaired) electrons. The van der Waals surface area contributed by atoms with E-state index in [9.17, 15) is 0 Å². The Labute approximate surface area is 212 Å². The van der Waals surface area contributed by atoms with Crippen molar-refractivity contribution in [1.29, 1.82) is 0 Å². The third-order valence-corrected chi connectivity index (χ3v) is 11.5. The molecule has 0 amide bonds. The van der Waals surface area contributed by atoms with E-state index in [-0.39, 0.29) is 0 Å². The first-order valence-electron chi connectivity index (χ1n) is 12.2. The van der Waals surface area contributed by atoms with E-state index < -0.39 is 15.8 Å². The molecule has 0 aromatic heterocycles. The maximum Gasteiger partial charge on any atom is 0.0282 e. The zero-order valence-corrected chi connectivity index (χ0v) is 21.8. The molecule has 0 heterocycles. The van der Waals surface area contributed by atoms with Crippen LogP contribution in [0, 0.1) is 0 Å². The van der Waals surface area contributed by atoms with Crippen LogP contribution in [-0.4, -0.2) is 18.0 Å². The largest absolute Gasteiger partial charge is 0.306 e. The molecule has 4 aromatic rings. The van der Waals surface area contributed by atoms with Gasteiger partial charge in [0.15, 0.2) is 0 Å². The third-order valence-electron chi connectivity index (χ3n) is 6.46. The zero-order chi connectivity index (χ0) is 23.9. The van der Waals surface area contributed by atoms with Crippen LogP contribution in [0.1, 0.15) is 6.92 Å². The summed E-state index contributed by atoms with van der Waals surface area (Å²) in [6.07, 6.45) is 7.98. The van der Waals surface area contributed by atoms with Crippen molar-refractivity contribution in [2.24, 2.45) is 0 Å². The number of hydrogen-bond acceptors (Lipinski definition) is 1. The second-order valence-electron chi connectivity index (χ2n) is 8.72. The van der Waals surface area contributed by atoms with Crippen LogP contribution in [0.4, 0.5) is 0 Å². The van der Waals surface area contributed by atoms with Gasteiger partial charge >= 0.3 is 0 Å². The lowest BCUT2D eigenvalue weighted by molar-refractivity contribution is 0.669. The second kappa shape index (κ2) is 11.7. The van der Waals surface area contributed by atoms with E-state index in [0.29, 0.717) is 11.7 Å². The minimum atomic E-state index is -0.527. The van der Waals surface area contributed by atoms with Gasteiger partial charge in [-0.15, -0.1) is 0 Å². The smallest absolute Gasteiger partial charge is 0.0282 e. The maximum atomic E-state index is 3.94. The molecule has 1 nitrogen and oxygen atoms in total. The summed E-state index contributed by atoms with van der Waals surface area (Å²) in [6.45, 7) is 2.33. The molecule has 1 N–H and O–H groups in total. The summed E-state index contributed by atoms with van der Waals surface area (Å²) in [6, 6.07) is 44.3. The van der Waals surface area contributed by atoms with Gasteiger partial charge < -0.3 is 5.32 Å². The number of allylic oxidation sites excluding steroid dienone is 3. The molecule has 1 aliphatic carbocycles. The van der Waals surface area contributed by atoms with Crippen LogP contribution < -0.4 is 26.5 Å². The summed E-state index contributed by atoms with van der Waals surface area (Å²) in [5.41, 5.74) is 1.89. The van der Waals surface area contributed by atoms with Crippen LogP contribution >= 0.6 is 15.8 Å². The Balaban J connectivity index is 1.38. The zero-order valence-electron chi connectivity index (χ0n) is 20.0. The average molecular weight is 492 g/mol. The molecular weight excluding hydrogens is 460 g/mol. The lowest BCUT2D eigenvalue weighted by Crippen LogP contribution is -2.35. The van der Waals surface area contributed by atoms with Gasteiger partial charge in [0.05, 0.1) is 0 Å². The fraction of sp³-hybridized carbons (Fsp3) is 0.125. The van der Waals surface area contributed by atoms with E-state index in [1.165, 1.54) is 26.8 Å². The lowest BCUT2D eigenvalue weighted by Gasteiger charge is -2.31. The molecular formula is C32H31NP2. The van der Waals surface area contributed by atoms with Gasteiger partial charge in [0.25, 0.3) is 0 Å². The molecule has 4 aromatic carbocycles. The summed E-state index contributed by atoms with van der Waals surface area (Å²) in [5.74, 6) is 0. The first kappa shape index (κ1) is 23.9. The van der Waals surface area contributed by atoms with Crippen molar-refractivity contribution in [3.63, 3.8) is 0 Å². The van der Waals surface area contributed by atoms with Crippen LogP contribution in [0.15, 0.2) is 145 Å². The van der Waals surface area contributed by atoms with E-state index in [4.69, 9.17) is 0 Å². The van der Waals surface area contributed by atoms with Gasteiger partial charge in [0.1, 0.15) is 0 Å². The van der Waals surface area contributed by atoms with Crippen molar-refractivity contribution >= 4 is 37.1 Å². The van der Waals surface area contributed by atoms with E-state index in [0.717, 1.165) is 6.29 Å². The van der Waals surface area contributed by atoms with Gasteiger partial charge in [0, 0.05) is 18.0 Å². The molecule has 0 saturated heterocycles. The van der Waals surface area contributed by atoms with Crippen LogP contribution in [-0.2, 0) is 0 Å². The summed E-state index contributed by atoms with van der Waals surface area (Å²) >= 11 is 0.